The SMILES string of the molecule is O=c1cc2c(nn1CC1CCCN1c1cc3c(nn1)CCSC3)CCOC2. The van der Waals surface area contributed by atoms with Crippen molar-refractivity contribution < 1.29 is 4.74 Å². The van der Waals surface area contributed by atoms with Crippen molar-refractivity contribution in [1.29, 1.82) is 0 Å². The third-order valence-electron chi connectivity index (χ3n) is 5.65. The minimum Gasteiger partial charge on any atom is -0.376 e. The van der Waals surface area contributed by atoms with Crippen molar-refractivity contribution in [3.05, 3.63) is 45.0 Å². The predicted octanol–water partition coefficient (Wildman–Crippen LogP) is 1.56. The Balaban J connectivity index is 1.40. The molecular weight excluding hydrogens is 362 g/mol. The van der Waals surface area contributed by atoms with Gasteiger partial charge in [-0.1, -0.05) is 0 Å². The predicted molar refractivity (Wildman–Crippen MR) is 104 cm³/mol. The lowest BCUT2D eigenvalue weighted by atomic mass is 10.1. The highest BCUT2D eigenvalue weighted by atomic mass is 32.2. The molecule has 0 spiro atoms. The van der Waals surface area contributed by atoms with Crippen molar-refractivity contribution in [2.45, 2.75) is 50.6 Å². The number of ether oxygens (including phenoxy) is 1. The van der Waals surface area contributed by atoms with Crippen molar-refractivity contribution in [3.8, 4) is 0 Å². The molecule has 142 valence electrons. The lowest BCUT2D eigenvalue weighted by molar-refractivity contribution is 0.108. The van der Waals surface area contributed by atoms with Gasteiger partial charge in [0.05, 0.1) is 37.2 Å². The van der Waals surface area contributed by atoms with Gasteiger partial charge in [0.1, 0.15) is 0 Å². The summed E-state index contributed by atoms with van der Waals surface area (Å²) in [6.07, 6.45) is 3.93. The molecule has 1 unspecified atom stereocenters. The molecular formula is C19H23N5O2S. The smallest absolute Gasteiger partial charge is 0.267 e. The Morgan fingerprint density at radius 1 is 1.19 bits per heavy atom. The molecule has 5 heterocycles. The molecule has 0 aromatic carbocycles. The average Bonchev–Trinajstić information content (AvgIpc) is 3.16. The summed E-state index contributed by atoms with van der Waals surface area (Å²) in [7, 11) is 0. The zero-order valence-corrected chi connectivity index (χ0v) is 16.1. The van der Waals surface area contributed by atoms with Crippen LogP contribution in [-0.2, 0) is 36.5 Å². The van der Waals surface area contributed by atoms with E-state index in [0.717, 1.165) is 66.5 Å². The van der Waals surface area contributed by atoms with Gasteiger partial charge in [0.25, 0.3) is 5.56 Å². The zero-order valence-electron chi connectivity index (χ0n) is 15.3. The Morgan fingerprint density at radius 2 is 2.15 bits per heavy atom. The van der Waals surface area contributed by atoms with Crippen molar-refractivity contribution in [2.75, 3.05) is 23.8 Å². The summed E-state index contributed by atoms with van der Waals surface area (Å²) in [5.74, 6) is 3.09. The number of rotatable bonds is 3. The van der Waals surface area contributed by atoms with Gasteiger partial charge in [-0.15, -0.1) is 5.10 Å². The fourth-order valence-electron chi connectivity index (χ4n) is 4.18. The van der Waals surface area contributed by atoms with Crippen LogP contribution in [0.15, 0.2) is 16.9 Å². The molecule has 2 aromatic heterocycles. The molecule has 3 aliphatic heterocycles. The molecule has 1 fully saturated rings. The van der Waals surface area contributed by atoms with Gasteiger partial charge in [0, 0.05) is 36.8 Å². The molecule has 7 nitrogen and oxygen atoms in total. The molecule has 3 aliphatic rings. The molecule has 8 heteroatoms. The Labute approximate surface area is 162 Å². The van der Waals surface area contributed by atoms with E-state index in [2.05, 4.69) is 26.3 Å². The van der Waals surface area contributed by atoms with Crippen LogP contribution in [0.5, 0.6) is 0 Å². The second kappa shape index (κ2) is 7.24. The highest BCUT2D eigenvalue weighted by Gasteiger charge is 2.28. The van der Waals surface area contributed by atoms with E-state index in [9.17, 15) is 4.79 Å². The maximum absolute atomic E-state index is 12.5. The van der Waals surface area contributed by atoms with E-state index < -0.39 is 0 Å². The molecule has 0 aliphatic carbocycles. The summed E-state index contributed by atoms with van der Waals surface area (Å²) in [5, 5.41) is 13.6. The minimum absolute atomic E-state index is 0.0426. The molecule has 0 N–H and O–H groups in total. The van der Waals surface area contributed by atoms with Gasteiger partial charge in [-0.05, 0) is 30.2 Å². The maximum atomic E-state index is 12.5. The zero-order chi connectivity index (χ0) is 18.2. The monoisotopic (exact) mass is 385 g/mol. The van der Waals surface area contributed by atoms with Crippen LogP contribution < -0.4 is 10.5 Å². The van der Waals surface area contributed by atoms with Gasteiger partial charge in [0.15, 0.2) is 5.82 Å². The highest BCUT2D eigenvalue weighted by molar-refractivity contribution is 7.98. The van der Waals surface area contributed by atoms with Gasteiger partial charge >= 0.3 is 0 Å². The topological polar surface area (TPSA) is 73.1 Å². The van der Waals surface area contributed by atoms with Gasteiger partial charge in [-0.3, -0.25) is 4.79 Å². The fourth-order valence-corrected chi connectivity index (χ4v) is 5.13. The standard InChI is InChI=1S/C19H23N5O2S/c25-19-9-13-11-26-6-3-17(13)22-24(19)10-15-2-1-5-23(15)18-8-14-12-27-7-4-16(14)20-21-18/h8-9,15H,1-7,10-12H2. The van der Waals surface area contributed by atoms with Crippen LogP contribution in [0, 0.1) is 0 Å². The van der Waals surface area contributed by atoms with Crippen LogP contribution >= 0.6 is 11.8 Å². The summed E-state index contributed by atoms with van der Waals surface area (Å²) >= 11 is 1.96. The molecule has 1 saturated heterocycles. The summed E-state index contributed by atoms with van der Waals surface area (Å²) in [6, 6.07) is 4.13. The second-order valence-electron chi connectivity index (χ2n) is 7.41. The minimum atomic E-state index is -0.0426. The van der Waals surface area contributed by atoms with Crippen molar-refractivity contribution in [3.63, 3.8) is 0 Å². The molecule has 27 heavy (non-hydrogen) atoms. The number of hydrogen-bond acceptors (Lipinski definition) is 7. The van der Waals surface area contributed by atoms with Gasteiger partial charge < -0.3 is 9.64 Å². The molecule has 0 bridgehead atoms. The van der Waals surface area contributed by atoms with Crippen LogP contribution in [0.25, 0.3) is 0 Å². The number of nitrogens with zero attached hydrogens (tertiary/aromatic N) is 5. The summed E-state index contributed by atoms with van der Waals surface area (Å²) < 4.78 is 7.07. The molecule has 1 atom stereocenters. The van der Waals surface area contributed by atoms with Crippen LogP contribution in [0.1, 0.15) is 35.4 Å². The number of aromatic nitrogens is 4. The Morgan fingerprint density at radius 3 is 3.11 bits per heavy atom. The van der Waals surface area contributed by atoms with E-state index in [-0.39, 0.29) is 11.6 Å². The molecule has 5 rings (SSSR count). The van der Waals surface area contributed by atoms with E-state index >= 15 is 0 Å². The first-order valence-corrected chi connectivity index (χ1v) is 10.8. The fraction of sp³-hybridized carbons (Fsp3) is 0.579. The lowest BCUT2D eigenvalue weighted by Gasteiger charge is -2.27. The van der Waals surface area contributed by atoms with Crippen LogP contribution in [0.3, 0.4) is 0 Å². The van der Waals surface area contributed by atoms with Crippen molar-refractivity contribution in [2.24, 2.45) is 0 Å². The first-order chi connectivity index (χ1) is 13.3. The normalized spacial score (nSPS) is 21.8. The van der Waals surface area contributed by atoms with E-state index in [1.165, 1.54) is 5.56 Å². The van der Waals surface area contributed by atoms with Crippen LogP contribution in [0.2, 0.25) is 0 Å². The lowest BCUT2D eigenvalue weighted by Crippen LogP contribution is -2.38. The average molecular weight is 385 g/mol. The van der Waals surface area contributed by atoms with Gasteiger partial charge in [-0.2, -0.15) is 22.0 Å². The Bertz CT molecular complexity index is 915. The number of hydrogen-bond donors (Lipinski definition) is 0. The van der Waals surface area contributed by atoms with E-state index in [0.29, 0.717) is 19.8 Å². The third kappa shape index (κ3) is 3.36. The number of anilines is 1. The van der Waals surface area contributed by atoms with E-state index in [1.54, 1.807) is 10.7 Å². The largest absolute Gasteiger partial charge is 0.376 e. The van der Waals surface area contributed by atoms with Gasteiger partial charge in [-0.25, -0.2) is 4.68 Å². The van der Waals surface area contributed by atoms with E-state index in [4.69, 9.17) is 4.74 Å². The molecule has 0 amide bonds. The molecule has 0 saturated carbocycles. The third-order valence-corrected chi connectivity index (χ3v) is 6.66. The summed E-state index contributed by atoms with van der Waals surface area (Å²) in [5.41, 5.74) is 4.34. The summed E-state index contributed by atoms with van der Waals surface area (Å²) in [4.78, 5) is 14.8. The van der Waals surface area contributed by atoms with Crippen LogP contribution in [-0.4, -0.2) is 44.9 Å². The molecule has 2 aromatic rings. The Kier molecular flexibility index (Phi) is 4.61. The first-order valence-electron chi connectivity index (χ1n) is 9.65. The Hall–Kier alpha value is -1.93. The number of aryl methyl sites for hydroxylation is 1. The second-order valence-corrected chi connectivity index (χ2v) is 8.51. The molecule has 0 radical (unpaired) electrons. The number of thioether (sulfide) groups is 1. The maximum Gasteiger partial charge on any atom is 0.267 e. The van der Waals surface area contributed by atoms with Crippen LogP contribution in [0.4, 0.5) is 5.82 Å². The quantitative estimate of drug-likeness (QED) is 0.794. The van der Waals surface area contributed by atoms with Crippen molar-refractivity contribution in [1.82, 2.24) is 20.0 Å². The summed E-state index contributed by atoms with van der Waals surface area (Å²) in [6.45, 7) is 2.73. The highest BCUT2D eigenvalue weighted by Crippen LogP contribution is 2.29. The first kappa shape index (κ1) is 17.2. The number of fused-ring (bicyclic) bond motifs is 2. The van der Waals surface area contributed by atoms with Crippen molar-refractivity contribution >= 4 is 17.6 Å². The van der Waals surface area contributed by atoms with E-state index in [1.807, 2.05) is 11.8 Å². The van der Waals surface area contributed by atoms with Gasteiger partial charge in [0.2, 0.25) is 0 Å².